The molecule has 1 aliphatic rings. The third-order valence-electron chi connectivity index (χ3n) is 4.01. The summed E-state index contributed by atoms with van der Waals surface area (Å²) in [4.78, 5) is 2.43. The van der Waals surface area contributed by atoms with Crippen molar-refractivity contribution in [2.45, 2.75) is 38.8 Å². The van der Waals surface area contributed by atoms with Crippen molar-refractivity contribution in [2.24, 2.45) is 0 Å². The zero-order valence-corrected chi connectivity index (χ0v) is 13.6. The number of phenols is 1. The lowest BCUT2D eigenvalue weighted by Crippen LogP contribution is -2.45. The summed E-state index contributed by atoms with van der Waals surface area (Å²) in [5, 5.41) is 14.4. The van der Waals surface area contributed by atoms with E-state index >= 15 is 0 Å². The number of nitrogens with one attached hydrogen (secondary N) is 1. The smallest absolute Gasteiger partial charge is 0.162 e. The first kappa shape index (κ1) is 16.4. The van der Waals surface area contributed by atoms with Crippen LogP contribution in [0.4, 0.5) is 0 Å². The van der Waals surface area contributed by atoms with Crippen molar-refractivity contribution in [1.29, 1.82) is 0 Å². The van der Waals surface area contributed by atoms with Crippen LogP contribution in [0.5, 0.6) is 11.5 Å². The third kappa shape index (κ3) is 4.25. The highest BCUT2D eigenvalue weighted by molar-refractivity contribution is 6.30. The average Bonchev–Trinajstić information content (AvgIpc) is 2.50. The van der Waals surface area contributed by atoms with Crippen LogP contribution < -0.4 is 10.1 Å². The van der Waals surface area contributed by atoms with Gasteiger partial charge in [-0.3, -0.25) is 4.90 Å². The highest BCUT2D eigenvalue weighted by atomic mass is 35.5. The van der Waals surface area contributed by atoms with Crippen LogP contribution in [0.1, 0.15) is 31.7 Å². The second-order valence-electron chi connectivity index (χ2n) is 5.59. The summed E-state index contributed by atoms with van der Waals surface area (Å²) in [6.45, 7) is 6.01. The highest BCUT2D eigenvalue weighted by Crippen LogP contribution is 2.34. The summed E-state index contributed by atoms with van der Waals surface area (Å²) in [5.74, 6) is 0.641. The molecule has 1 aromatic carbocycles. The Morgan fingerprint density at radius 2 is 2.29 bits per heavy atom. The zero-order chi connectivity index (χ0) is 15.2. The van der Waals surface area contributed by atoms with E-state index in [1.165, 1.54) is 12.8 Å². The van der Waals surface area contributed by atoms with E-state index < -0.39 is 0 Å². The van der Waals surface area contributed by atoms with Gasteiger partial charge in [-0.2, -0.15) is 0 Å². The van der Waals surface area contributed by atoms with Gasteiger partial charge in [-0.25, -0.2) is 0 Å². The van der Waals surface area contributed by atoms with Crippen molar-refractivity contribution < 1.29 is 9.84 Å². The maximum absolute atomic E-state index is 10.3. The van der Waals surface area contributed by atoms with Crippen molar-refractivity contribution in [2.75, 3.05) is 26.7 Å². The summed E-state index contributed by atoms with van der Waals surface area (Å²) in [6.07, 6.45) is 3.50. The Morgan fingerprint density at radius 3 is 2.90 bits per heavy atom. The van der Waals surface area contributed by atoms with E-state index in [1.807, 2.05) is 6.07 Å². The molecule has 21 heavy (non-hydrogen) atoms. The number of phenolic OH excluding ortho intramolecular Hbond substituents is 1. The predicted octanol–water partition coefficient (Wildman–Crippen LogP) is 3.02. The molecule has 1 atom stereocenters. The lowest BCUT2D eigenvalue weighted by Gasteiger charge is -2.34. The van der Waals surface area contributed by atoms with Gasteiger partial charge in [0.15, 0.2) is 11.5 Å². The summed E-state index contributed by atoms with van der Waals surface area (Å²) in [5.41, 5.74) is 0.832. The topological polar surface area (TPSA) is 44.7 Å². The summed E-state index contributed by atoms with van der Waals surface area (Å²) in [7, 11) is 1.55. The minimum absolute atomic E-state index is 0.201. The Hall–Kier alpha value is -0.970. The van der Waals surface area contributed by atoms with E-state index in [9.17, 15) is 5.11 Å². The molecule has 1 saturated heterocycles. The van der Waals surface area contributed by atoms with E-state index in [-0.39, 0.29) is 5.75 Å². The summed E-state index contributed by atoms with van der Waals surface area (Å²) < 4.78 is 5.19. The van der Waals surface area contributed by atoms with Gasteiger partial charge in [0.2, 0.25) is 0 Å². The number of ether oxygens (including phenoxy) is 1. The highest BCUT2D eigenvalue weighted by Gasteiger charge is 2.22. The lowest BCUT2D eigenvalue weighted by molar-refractivity contribution is 0.156. The minimum Gasteiger partial charge on any atom is -0.504 e. The maximum Gasteiger partial charge on any atom is 0.162 e. The van der Waals surface area contributed by atoms with Crippen LogP contribution in [0.3, 0.4) is 0 Å². The molecule has 118 valence electrons. The van der Waals surface area contributed by atoms with Crippen LogP contribution in [-0.2, 0) is 6.54 Å². The van der Waals surface area contributed by atoms with E-state index in [1.54, 1.807) is 13.2 Å². The number of hydrogen-bond acceptors (Lipinski definition) is 4. The molecule has 0 bridgehead atoms. The van der Waals surface area contributed by atoms with Crippen molar-refractivity contribution in [3.8, 4) is 11.5 Å². The fourth-order valence-electron chi connectivity index (χ4n) is 2.95. The molecule has 0 aliphatic carbocycles. The quantitative estimate of drug-likeness (QED) is 0.847. The number of piperidine rings is 1. The summed E-state index contributed by atoms with van der Waals surface area (Å²) in [6, 6.07) is 3.99. The molecule has 0 spiro atoms. The van der Waals surface area contributed by atoms with Crippen molar-refractivity contribution >= 4 is 11.6 Å². The Bertz CT molecular complexity index is 462. The van der Waals surface area contributed by atoms with Crippen LogP contribution >= 0.6 is 11.6 Å². The molecule has 0 amide bonds. The van der Waals surface area contributed by atoms with Gasteiger partial charge in [0.25, 0.3) is 0 Å². The number of hydrogen-bond donors (Lipinski definition) is 2. The predicted molar refractivity (Wildman–Crippen MR) is 86.3 cm³/mol. The average molecular weight is 313 g/mol. The van der Waals surface area contributed by atoms with Gasteiger partial charge in [0, 0.05) is 35.8 Å². The first-order chi connectivity index (χ1) is 10.2. The number of methoxy groups -OCH3 is 1. The normalized spacial score (nSPS) is 19.0. The third-order valence-corrected chi connectivity index (χ3v) is 4.23. The van der Waals surface area contributed by atoms with Crippen LogP contribution in [-0.4, -0.2) is 42.8 Å². The second-order valence-corrected chi connectivity index (χ2v) is 6.02. The zero-order valence-electron chi connectivity index (χ0n) is 12.9. The number of aromatic hydroxyl groups is 1. The summed E-state index contributed by atoms with van der Waals surface area (Å²) >= 11 is 6.13. The molecule has 0 saturated carbocycles. The van der Waals surface area contributed by atoms with Gasteiger partial charge in [0.05, 0.1) is 7.11 Å². The van der Waals surface area contributed by atoms with E-state index in [4.69, 9.17) is 16.3 Å². The molecule has 2 N–H and O–H groups in total. The van der Waals surface area contributed by atoms with Crippen LogP contribution in [0.2, 0.25) is 5.02 Å². The van der Waals surface area contributed by atoms with Crippen LogP contribution in [0.15, 0.2) is 12.1 Å². The van der Waals surface area contributed by atoms with Crippen molar-refractivity contribution in [3.05, 3.63) is 22.7 Å². The van der Waals surface area contributed by atoms with Gasteiger partial charge < -0.3 is 15.2 Å². The molecule has 0 radical (unpaired) electrons. The first-order valence-electron chi connectivity index (χ1n) is 7.65. The van der Waals surface area contributed by atoms with Crippen molar-refractivity contribution in [1.82, 2.24) is 10.2 Å². The lowest BCUT2D eigenvalue weighted by atomic mass is 10.0. The molecule has 1 aliphatic heterocycles. The van der Waals surface area contributed by atoms with Gasteiger partial charge >= 0.3 is 0 Å². The Balaban J connectivity index is 2.17. The monoisotopic (exact) mass is 312 g/mol. The molecule has 4 nitrogen and oxygen atoms in total. The number of benzene rings is 1. The first-order valence-corrected chi connectivity index (χ1v) is 8.03. The van der Waals surface area contributed by atoms with Gasteiger partial charge in [-0.15, -0.1) is 0 Å². The molecule has 1 fully saturated rings. The Kier molecular flexibility index (Phi) is 6.15. The molecule has 1 unspecified atom stereocenters. The molecule has 1 heterocycles. The minimum atomic E-state index is 0.201. The molecular weight excluding hydrogens is 288 g/mol. The molecule has 2 rings (SSSR count). The molecule has 1 aromatic rings. The van der Waals surface area contributed by atoms with E-state index in [0.717, 1.165) is 31.6 Å². The van der Waals surface area contributed by atoms with Gasteiger partial charge in [-0.05, 0) is 38.4 Å². The molecule has 0 aromatic heterocycles. The van der Waals surface area contributed by atoms with E-state index in [2.05, 4.69) is 17.1 Å². The number of rotatable bonds is 6. The van der Waals surface area contributed by atoms with Crippen molar-refractivity contribution in [3.63, 3.8) is 0 Å². The SMILES string of the molecule is CCCN(Cc1cc(Cl)cc(OC)c1O)C1CCCNC1. The largest absolute Gasteiger partial charge is 0.504 e. The van der Waals surface area contributed by atoms with Gasteiger partial charge in [-0.1, -0.05) is 18.5 Å². The molecule has 5 heteroatoms. The number of halogens is 1. The Morgan fingerprint density at radius 1 is 1.48 bits per heavy atom. The molecular formula is C16H25ClN2O2. The Labute approximate surface area is 132 Å². The second kappa shape index (κ2) is 7.87. The van der Waals surface area contributed by atoms with Crippen LogP contribution in [0.25, 0.3) is 0 Å². The maximum atomic E-state index is 10.3. The fourth-order valence-corrected chi connectivity index (χ4v) is 3.18. The van der Waals surface area contributed by atoms with Crippen LogP contribution in [0, 0.1) is 0 Å². The van der Waals surface area contributed by atoms with Gasteiger partial charge in [0.1, 0.15) is 0 Å². The van der Waals surface area contributed by atoms with E-state index in [0.29, 0.717) is 23.4 Å². The fraction of sp³-hybridized carbons (Fsp3) is 0.625. The standard InChI is InChI=1S/C16H25ClN2O2/c1-3-7-19(14-5-4-6-18-10-14)11-12-8-13(17)9-15(21-2)16(12)20/h8-9,14,18,20H,3-7,10-11H2,1-2H3. The number of nitrogens with zero attached hydrogens (tertiary/aromatic N) is 1.